The third kappa shape index (κ3) is 3.70. The number of hydrogen-bond donors (Lipinski definition) is 0. The van der Waals surface area contributed by atoms with Gasteiger partial charge in [-0.15, -0.1) is 0 Å². The lowest BCUT2D eigenvalue weighted by Crippen LogP contribution is -2.35. The van der Waals surface area contributed by atoms with Crippen LogP contribution in [0.25, 0.3) is 11.0 Å². The zero-order chi connectivity index (χ0) is 22.2. The Kier molecular flexibility index (Phi) is 5.50. The molecule has 1 aliphatic rings. The van der Waals surface area contributed by atoms with Crippen molar-refractivity contribution >= 4 is 22.6 Å². The fraction of sp³-hybridized carbons (Fsp3) is 0.222. The molecule has 0 saturated carbocycles. The predicted octanol–water partition coefficient (Wildman–Crippen LogP) is 6.05. The van der Waals surface area contributed by atoms with Gasteiger partial charge in [-0.3, -0.25) is 4.90 Å². The highest BCUT2D eigenvalue weighted by Gasteiger charge is 2.27. The molecule has 1 aliphatic heterocycles. The quantitative estimate of drug-likeness (QED) is 0.359. The Morgan fingerprint density at radius 1 is 0.969 bits per heavy atom. The van der Waals surface area contributed by atoms with Crippen molar-refractivity contribution in [2.75, 3.05) is 13.3 Å². The van der Waals surface area contributed by atoms with E-state index in [9.17, 15) is 4.79 Å². The van der Waals surface area contributed by atoms with Gasteiger partial charge in [-0.1, -0.05) is 72.3 Å². The summed E-state index contributed by atoms with van der Waals surface area (Å²) in [7, 11) is 0. The molecule has 5 heteroatoms. The number of benzene rings is 3. The topological polar surface area (TPSA) is 42.7 Å². The van der Waals surface area contributed by atoms with Crippen LogP contribution in [0.15, 0.2) is 75.9 Å². The summed E-state index contributed by atoms with van der Waals surface area (Å²) >= 11 is 6.57. The van der Waals surface area contributed by atoms with E-state index in [0.29, 0.717) is 35.2 Å². The lowest BCUT2D eigenvalue weighted by atomic mass is 9.90. The second-order valence-electron chi connectivity index (χ2n) is 8.34. The van der Waals surface area contributed by atoms with E-state index < -0.39 is 0 Å². The molecule has 4 aromatic rings. The van der Waals surface area contributed by atoms with Gasteiger partial charge < -0.3 is 9.15 Å². The van der Waals surface area contributed by atoms with Crippen LogP contribution in [0.4, 0.5) is 0 Å². The van der Waals surface area contributed by atoms with E-state index in [4.69, 9.17) is 20.8 Å². The summed E-state index contributed by atoms with van der Waals surface area (Å²) in [6, 6.07) is 22.8. The van der Waals surface area contributed by atoms with Crippen molar-refractivity contribution < 1.29 is 9.15 Å². The van der Waals surface area contributed by atoms with E-state index in [2.05, 4.69) is 53.4 Å². The van der Waals surface area contributed by atoms with Crippen LogP contribution in [-0.2, 0) is 6.54 Å². The molecule has 162 valence electrons. The summed E-state index contributed by atoms with van der Waals surface area (Å²) in [6.07, 6.45) is 0. The number of rotatable bonds is 4. The Morgan fingerprint density at radius 3 is 2.22 bits per heavy atom. The van der Waals surface area contributed by atoms with Gasteiger partial charge in [-0.2, -0.15) is 0 Å². The van der Waals surface area contributed by atoms with E-state index in [1.807, 2.05) is 25.1 Å². The highest BCUT2D eigenvalue weighted by atomic mass is 35.5. The molecule has 0 N–H and O–H groups in total. The summed E-state index contributed by atoms with van der Waals surface area (Å²) in [5.74, 6) is 0.793. The van der Waals surface area contributed by atoms with E-state index in [1.54, 1.807) is 6.92 Å². The minimum Gasteiger partial charge on any atom is -0.476 e. The minimum atomic E-state index is -0.317. The van der Waals surface area contributed by atoms with Crippen molar-refractivity contribution in [1.29, 1.82) is 0 Å². The number of nitrogens with zero attached hydrogens (tertiary/aromatic N) is 1. The van der Waals surface area contributed by atoms with E-state index in [1.165, 1.54) is 11.1 Å². The molecule has 5 rings (SSSR count). The van der Waals surface area contributed by atoms with Crippen molar-refractivity contribution in [2.45, 2.75) is 26.3 Å². The third-order valence-corrected chi connectivity index (χ3v) is 6.65. The van der Waals surface area contributed by atoms with Crippen LogP contribution in [-0.4, -0.2) is 18.2 Å². The molecule has 0 amide bonds. The van der Waals surface area contributed by atoms with Crippen LogP contribution in [0.2, 0.25) is 5.02 Å². The van der Waals surface area contributed by atoms with Gasteiger partial charge >= 0.3 is 5.63 Å². The zero-order valence-electron chi connectivity index (χ0n) is 18.1. The first-order valence-electron chi connectivity index (χ1n) is 10.7. The third-order valence-electron chi connectivity index (χ3n) is 6.37. The molecule has 2 heterocycles. The molecular weight excluding hydrogens is 422 g/mol. The number of aryl methyl sites for hydroxylation is 1. The summed E-state index contributed by atoms with van der Waals surface area (Å²) in [5.41, 5.74) is 5.08. The first-order valence-corrected chi connectivity index (χ1v) is 11.1. The Hall–Kier alpha value is -3.08. The average Bonchev–Trinajstić information content (AvgIpc) is 2.83. The Bertz CT molecular complexity index is 1290. The summed E-state index contributed by atoms with van der Waals surface area (Å²) < 4.78 is 11.8. The summed E-state index contributed by atoms with van der Waals surface area (Å²) in [5, 5.41) is 1.41. The molecule has 3 aromatic carbocycles. The normalized spacial score (nSPS) is 13.9. The molecule has 4 nitrogen and oxygen atoms in total. The molecule has 32 heavy (non-hydrogen) atoms. The summed E-state index contributed by atoms with van der Waals surface area (Å²) in [4.78, 5) is 14.6. The van der Waals surface area contributed by atoms with Gasteiger partial charge in [0.2, 0.25) is 0 Å². The standard InChI is InChI=1S/C27H24ClNO3/c1-17-18(2)27(30)32-25-21(17)13-24(28)26-23(25)15-29(16-31-26)14-22(19-9-5-3-6-10-19)20-11-7-4-8-12-20/h3-13,22H,14-16H2,1-2H3. The molecule has 0 unspecified atom stereocenters. The second-order valence-corrected chi connectivity index (χ2v) is 8.75. The van der Waals surface area contributed by atoms with Crippen LogP contribution >= 0.6 is 11.6 Å². The smallest absolute Gasteiger partial charge is 0.339 e. The maximum Gasteiger partial charge on any atom is 0.339 e. The van der Waals surface area contributed by atoms with Crippen molar-refractivity contribution in [3.63, 3.8) is 0 Å². The lowest BCUT2D eigenvalue weighted by Gasteiger charge is -2.33. The van der Waals surface area contributed by atoms with Crippen molar-refractivity contribution in [1.82, 2.24) is 4.90 Å². The van der Waals surface area contributed by atoms with Crippen LogP contribution in [0.1, 0.15) is 33.7 Å². The number of ether oxygens (including phenoxy) is 1. The van der Waals surface area contributed by atoms with E-state index in [-0.39, 0.29) is 11.5 Å². The highest BCUT2D eigenvalue weighted by Crippen LogP contribution is 2.40. The second kappa shape index (κ2) is 8.45. The number of halogens is 1. The van der Waals surface area contributed by atoms with Gasteiger partial charge in [0.15, 0.2) is 0 Å². The van der Waals surface area contributed by atoms with E-state index in [0.717, 1.165) is 23.1 Å². The molecule has 0 saturated heterocycles. The number of hydrogen-bond acceptors (Lipinski definition) is 4. The predicted molar refractivity (Wildman–Crippen MR) is 128 cm³/mol. The first kappa shape index (κ1) is 20.8. The van der Waals surface area contributed by atoms with Crippen LogP contribution in [0.3, 0.4) is 0 Å². The van der Waals surface area contributed by atoms with Gasteiger partial charge in [0, 0.05) is 30.0 Å². The molecule has 0 spiro atoms. The van der Waals surface area contributed by atoms with Gasteiger partial charge in [0.05, 0.1) is 10.6 Å². The first-order chi connectivity index (χ1) is 15.5. The molecule has 0 bridgehead atoms. The van der Waals surface area contributed by atoms with Gasteiger partial charge in [0.25, 0.3) is 0 Å². The molecule has 0 fully saturated rings. The molecule has 0 radical (unpaired) electrons. The van der Waals surface area contributed by atoms with Crippen LogP contribution in [0.5, 0.6) is 5.75 Å². The highest BCUT2D eigenvalue weighted by molar-refractivity contribution is 6.33. The number of fused-ring (bicyclic) bond motifs is 3. The zero-order valence-corrected chi connectivity index (χ0v) is 18.9. The lowest BCUT2D eigenvalue weighted by molar-refractivity contribution is 0.0926. The molecular formula is C27H24ClNO3. The largest absolute Gasteiger partial charge is 0.476 e. The van der Waals surface area contributed by atoms with Gasteiger partial charge in [-0.25, -0.2) is 4.79 Å². The van der Waals surface area contributed by atoms with Crippen molar-refractivity contribution in [3.8, 4) is 5.75 Å². The fourth-order valence-electron chi connectivity index (χ4n) is 4.46. The minimum absolute atomic E-state index is 0.184. The van der Waals surface area contributed by atoms with Gasteiger partial charge in [-0.05, 0) is 36.6 Å². The van der Waals surface area contributed by atoms with Crippen molar-refractivity contribution in [2.24, 2.45) is 0 Å². The Balaban J connectivity index is 1.54. The van der Waals surface area contributed by atoms with Crippen LogP contribution in [0, 0.1) is 13.8 Å². The molecule has 1 aromatic heterocycles. The average molecular weight is 446 g/mol. The fourth-order valence-corrected chi connectivity index (χ4v) is 4.74. The van der Waals surface area contributed by atoms with Gasteiger partial charge in [0.1, 0.15) is 18.1 Å². The Morgan fingerprint density at radius 2 is 1.59 bits per heavy atom. The van der Waals surface area contributed by atoms with E-state index >= 15 is 0 Å². The molecule has 0 atom stereocenters. The SMILES string of the molecule is Cc1c(C)c2cc(Cl)c3c(c2oc1=O)CN(CC(c1ccccc1)c1ccccc1)CO3. The summed E-state index contributed by atoms with van der Waals surface area (Å²) in [6.45, 7) is 5.48. The maximum atomic E-state index is 12.4. The monoisotopic (exact) mass is 445 g/mol. The Labute approximate surface area is 192 Å². The van der Waals surface area contributed by atoms with Crippen LogP contribution < -0.4 is 10.4 Å². The van der Waals surface area contributed by atoms with Crippen molar-refractivity contribution in [3.05, 3.63) is 110 Å². The maximum absolute atomic E-state index is 12.4. The molecule has 0 aliphatic carbocycles.